The first-order valence-electron chi connectivity index (χ1n) is 7.94. The first-order valence-corrected chi connectivity index (χ1v) is 7.94. The number of aliphatic hydroxyl groups excluding tert-OH is 2. The predicted octanol–water partition coefficient (Wildman–Crippen LogP) is 1.41. The molecule has 2 aliphatic rings. The summed E-state index contributed by atoms with van der Waals surface area (Å²) in [5.41, 5.74) is 2.09. The van der Waals surface area contributed by atoms with Gasteiger partial charge in [0.05, 0.1) is 17.9 Å². The summed E-state index contributed by atoms with van der Waals surface area (Å²) in [6.07, 6.45) is 1.70. The Hall–Kier alpha value is -0.910. The third-order valence-corrected chi connectivity index (χ3v) is 5.35. The van der Waals surface area contributed by atoms with Crippen LogP contribution in [0.1, 0.15) is 51.4 Å². The number of aromatic nitrogens is 2. The Balaban J connectivity index is 1.57. The zero-order chi connectivity index (χ0) is 15.3. The lowest BCUT2D eigenvalue weighted by Crippen LogP contribution is -2.61. The van der Waals surface area contributed by atoms with Gasteiger partial charge in [-0.05, 0) is 32.0 Å². The first-order chi connectivity index (χ1) is 9.81. The van der Waals surface area contributed by atoms with Crippen molar-refractivity contribution in [2.24, 2.45) is 5.41 Å². The van der Waals surface area contributed by atoms with Gasteiger partial charge in [0.15, 0.2) is 0 Å². The number of nitrogens with one attached hydrogen (secondary N) is 1. The lowest BCUT2D eigenvalue weighted by atomic mass is 9.58. The van der Waals surface area contributed by atoms with Gasteiger partial charge in [0.25, 0.3) is 0 Å². The summed E-state index contributed by atoms with van der Waals surface area (Å²) in [6.45, 7) is 9.21. The van der Waals surface area contributed by atoms with E-state index in [0.29, 0.717) is 6.42 Å². The molecule has 0 aromatic carbocycles. The van der Waals surface area contributed by atoms with Gasteiger partial charge in [0.1, 0.15) is 0 Å². The standard InChI is InChI=1S/C16H27N3O2/c1-15(2,3)12-8-11(17-18-12)10-19-6-4-16(5-7-19)13(20)9-14(16)21/h8,13-14,20-21H,4-7,9-10H2,1-3H3,(H,17,18)/t13-,14+. The highest BCUT2D eigenvalue weighted by atomic mass is 16.3. The number of piperidine rings is 1. The molecular formula is C16H27N3O2. The van der Waals surface area contributed by atoms with Gasteiger partial charge in [-0.3, -0.25) is 10.00 Å². The zero-order valence-electron chi connectivity index (χ0n) is 13.3. The summed E-state index contributed by atoms with van der Waals surface area (Å²) in [7, 11) is 0. The normalized spacial score (nSPS) is 29.6. The number of H-pyrrole nitrogens is 1. The Labute approximate surface area is 126 Å². The van der Waals surface area contributed by atoms with E-state index in [1.165, 1.54) is 0 Å². The minimum absolute atomic E-state index is 0.0703. The summed E-state index contributed by atoms with van der Waals surface area (Å²) in [5, 5.41) is 27.5. The van der Waals surface area contributed by atoms with Gasteiger partial charge in [-0.1, -0.05) is 20.8 Å². The molecule has 1 aromatic heterocycles. The molecule has 21 heavy (non-hydrogen) atoms. The fourth-order valence-electron chi connectivity index (χ4n) is 3.60. The lowest BCUT2D eigenvalue weighted by Gasteiger charge is -2.55. The van der Waals surface area contributed by atoms with Crippen molar-refractivity contribution in [1.82, 2.24) is 15.1 Å². The summed E-state index contributed by atoms with van der Waals surface area (Å²) >= 11 is 0. The fourth-order valence-corrected chi connectivity index (χ4v) is 3.60. The molecule has 0 unspecified atom stereocenters. The van der Waals surface area contributed by atoms with E-state index in [1.807, 2.05) is 0 Å². The third kappa shape index (κ3) is 2.62. The number of hydrogen-bond acceptors (Lipinski definition) is 4. The van der Waals surface area contributed by atoms with Crippen molar-refractivity contribution in [2.45, 2.75) is 64.2 Å². The molecule has 1 aliphatic carbocycles. The molecule has 3 N–H and O–H groups in total. The van der Waals surface area contributed by atoms with Crippen LogP contribution in [0, 0.1) is 5.41 Å². The maximum atomic E-state index is 9.97. The van der Waals surface area contributed by atoms with E-state index in [1.54, 1.807) is 0 Å². The topological polar surface area (TPSA) is 72.4 Å². The number of hydrogen-bond donors (Lipinski definition) is 3. The molecule has 5 nitrogen and oxygen atoms in total. The quantitative estimate of drug-likeness (QED) is 0.771. The lowest BCUT2D eigenvalue weighted by molar-refractivity contribution is -0.190. The van der Waals surface area contributed by atoms with Gasteiger partial charge in [-0.25, -0.2) is 0 Å². The minimum atomic E-state index is -0.311. The number of aromatic amines is 1. The van der Waals surface area contributed by atoms with Crippen LogP contribution in [-0.2, 0) is 12.0 Å². The Morgan fingerprint density at radius 2 is 1.90 bits per heavy atom. The van der Waals surface area contributed by atoms with Crippen LogP contribution in [0.4, 0.5) is 0 Å². The van der Waals surface area contributed by atoms with Gasteiger partial charge in [0, 0.05) is 29.5 Å². The summed E-state index contributed by atoms with van der Waals surface area (Å²) in [6, 6.07) is 2.15. The Kier molecular flexibility index (Phi) is 3.62. The van der Waals surface area contributed by atoms with Crippen LogP contribution in [0.25, 0.3) is 0 Å². The first kappa shape index (κ1) is 15.0. The number of likely N-dealkylation sites (tertiary alicyclic amines) is 1. The molecular weight excluding hydrogens is 266 g/mol. The van der Waals surface area contributed by atoms with Crippen molar-refractivity contribution in [2.75, 3.05) is 13.1 Å². The molecule has 0 radical (unpaired) electrons. The number of rotatable bonds is 2. The molecule has 2 heterocycles. The van der Waals surface area contributed by atoms with Crippen molar-refractivity contribution in [3.63, 3.8) is 0 Å². The van der Waals surface area contributed by atoms with E-state index in [4.69, 9.17) is 0 Å². The second-order valence-electron chi connectivity index (χ2n) is 7.81. The molecule has 1 spiro atoms. The second kappa shape index (κ2) is 5.07. The average Bonchev–Trinajstić information content (AvgIpc) is 2.88. The summed E-state index contributed by atoms with van der Waals surface area (Å²) in [5.74, 6) is 0. The molecule has 3 rings (SSSR count). The summed E-state index contributed by atoms with van der Waals surface area (Å²) in [4.78, 5) is 2.38. The van der Waals surface area contributed by atoms with Gasteiger partial charge >= 0.3 is 0 Å². The van der Waals surface area contributed by atoms with E-state index in [2.05, 4.69) is 41.9 Å². The molecule has 1 saturated carbocycles. The number of nitrogens with zero attached hydrogens (tertiary/aromatic N) is 2. The predicted molar refractivity (Wildman–Crippen MR) is 80.9 cm³/mol. The van der Waals surface area contributed by atoms with Crippen molar-refractivity contribution >= 4 is 0 Å². The smallest absolute Gasteiger partial charge is 0.0678 e. The van der Waals surface area contributed by atoms with Crippen molar-refractivity contribution in [3.8, 4) is 0 Å². The zero-order valence-corrected chi connectivity index (χ0v) is 13.3. The monoisotopic (exact) mass is 293 g/mol. The highest BCUT2D eigenvalue weighted by Crippen LogP contribution is 2.49. The van der Waals surface area contributed by atoms with Crippen LogP contribution in [0.3, 0.4) is 0 Å². The second-order valence-corrected chi connectivity index (χ2v) is 7.81. The Morgan fingerprint density at radius 1 is 1.29 bits per heavy atom. The van der Waals surface area contributed by atoms with Gasteiger partial charge in [0.2, 0.25) is 0 Å². The maximum absolute atomic E-state index is 9.97. The van der Waals surface area contributed by atoms with Crippen molar-refractivity contribution in [3.05, 3.63) is 17.5 Å². The van der Waals surface area contributed by atoms with Gasteiger partial charge in [-0.15, -0.1) is 0 Å². The largest absolute Gasteiger partial charge is 0.392 e. The SMILES string of the molecule is CC(C)(C)c1cc(CN2CCC3(CC2)[C@H](O)C[C@@H]3O)[nH]n1. The number of aliphatic hydroxyl groups is 2. The highest BCUT2D eigenvalue weighted by Gasteiger charge is 2.54. The molecule has 118 valence electrons. The maximum Gasteiger partial charge on any atom is 0.0678 e. The molecule has 1 aromatic rings. The molecule has 5 heteroatoms. The summed E-state index contributed by atoms with van der Waals surface area (Å²) < 4.78 is 0. The van der Waals surface area contributed by atoms with E-state index < -0.39 is 0 Å². The van der Waals surface area contributed by atoms with Crippen LogP contribution in [0.2, 0.25) is 0 Å². The minimum Gasteiger partial charge on any atom is -0.392 e. The fraction of sp³-hybridized carbons (Fsp3) is 0.812. The van der Waals surface area contributed by atoms with Gasteiger partial charge in [-0.2, -0.15) is 5.10 Å². The van der Waals surface area contributed by atoms with E-state index >= 15 is 0 Å². The van der Waals surface area contributed by atoms with Crippen LogP contribution in [0.15, 0.2) is 6.07 Å². The van der Waals surface area contributed by atoms with E-state index in [0.717, 1.165) is 43.9 Å². The van der Waals surface area contributed by atoms with Crippen LogP contribution in [0.5, 0.6) is 0 Å². The molecule has 1 saturated heterocycles. The van der Waals surface area contributed by atoms with Gasteiger partial charge < -0.3 is 10.2 Å². The Morgan fingerprint density at radius 3 is 2.38 bits per heavy atom. The molecule has 0 bridgehead atoms. The van der Waals surface area contributed by atoms with Crippen molar-refractivity contribution < 1.29 is 10.2 Å². The van der Waals surface area contributed by atoms with E-state index in [9.17, 15) is 10.2 Å². The third-order valence-electron chi connectivity index (χ3n) is 5.35. The molecule has 1 aliphatic heterocycles. The average molecular weight is 293 g/mol. The molecule has 2 fully saturated rings. The highest BCUT2D eigenvalue weighted by molar-refractivity contribution is 5.16. The molecule has 0 amide bonds. The molecule has 2 atom stereocenters. The van der Waals surface area contributed by atoms with Crippen LogP contribution in [-0.4, -0.2) is 50.6 Å². The Bertz CT molecular complexity index is 488. The van der Waals surface area contributed by atoms with Crippen LogP contribution < -0.4 is 0 Å². The van der Waals surface area contributed by atoms with Crippen molar-refractivity contribution in [1.29, 1.82) is 0 Å². The van der Waals surface area contributed by atoms with E-state index in [-0.39, 0.29) is 23.0 Å². The van der Waals surface area contributed by atoms with Crippen LogP contribution >= 0.6 is 0 Å².